The van der Waals surface area contributed by atoms with Gasteiger partial charge in [-0.2, -0.15) is 0 Å². The van der Waals surface area contributed by atoms with E-state index in [0.717, 1.165) is 50.0 Å². The molecule has 0 N–H and O–H groups in total. The lowest BCUT2D eigenvalue weighted by molar-refractivity contribution is -0.141. The van der Waals surface area contributed by atoms with Crippen molar-refractivity contribution in [2.45, 2.75) is 33.1 Å². The van der Waals surface area contributed by atoms with Gasteiger partial charge in [0.1, 0.15) is 0 Å². The number of carbonyl (C=O) groups is 2. The van der Waals surface area contributed by atoms with Crippen molar-refractivity contribution in [3.05, 3.63) is 53.9 Å². The van der Waals surface area contributed by atoms with Gasteiger partial charge in [0.25, 0.3) is 5.91 Å². The van der Waals surface area contributed by atoms with E-state index in [4.69, 9.17) is 0 Å². The Kier molecular flexibility index (Phi) is 5.14. The van der Waals surface area contributed by atoms with Gasteiger partial charge >= 0.3 is 0 Å². The summed E-state index contributed by atoms with van der Waals surface area (Å²) in [5.74, 6) is 1.07. The van der Waals surface area contributed by atoms with E-state index < -0.39 is 5.41 Å². The molecule has 0 saturated carbocycles. The van der Waals surface area contributed by atoms with Gasteiger partial charge in [0, 0.05) is 62.6 Å². The summed E-state index contributed by atoms with van der Waals surface area (Å²) >= 11 is 0. The number of nitrogens with zero attached hydrogens (tertiary/aromatic N) is 5. The minimum atomic E-state index is -0.417. The topological polar surface area (TPSA) is 69.6 Å². The van der Waals surface area contributed by atoms with E-state index in [9.17, 15) is 9.59 Å². The Morgan fingerprint density at radius 3 is 2.38 bits per heavy atom. The van der Waals surface area contributed by atoms with Gasteiger partial charge in [-0.05, 0) is 50.8 Å². The van der Waals surface area contributed by atoms with Gasteiger partial charge in [0.2, 0.25) is 11.9 Å². The van der Waals surface area contributed by atoms with Crippen molar-refractivity contribution in [3.63, 3.8) is 0 Å². The summed E-state index contributed by atoms with van der Waals surface area (Å²) in [7, 11) is 0. The van der Waals surface area contributed by atoms with Gasteiger partial charge in [0.15, 0.2) is 0 Å². The third kappa shape index (κ3) is 3.09. The molecule has 32 heavy (non-hydrogen) atoms. The number of fused-ring (bicyclic) bond motifs is 1. The van der Waals surface area contributed by atoms with E-state index in [1.807, 2.05) is 47.1 Å². The van der Waals surface area contributed by atoms with Crippen molar-refractivity contribution in [2.75, 3.05) is 44.2 Å². The Labute approximate surface area is 189 Å². The largest absolute Gasteiger partial charge is 0.342 e. The van der Waals surface area contributed by atoms with Gasteiger partial charge in [-0.3, -0.25) is 9.59 Å². The van der Waals surface area contributed by atoms with E-state index in [0.29, 0.717) is 25.6 Å². The van der Waals surface area contributed by atoms with Crippen LogP contribution < -0.4 is 4.90 Å². The zero-order chi connectivity index (χ0) is 22.3. The molecule has 3 aliphatic rings. The lowest BCUT2D eigenvalue weighted by atomic mass is 9.60. The second-order valence-electron chi connectivity index (χ2n) is 9.51. The Balaban J connectivity index is 1.42. The van der Waals surface area contributed by atoms with E-state index in [1.54, 1.807) is 12.4 Å². The lowest BCUT2D eigenvalue weighted by Gasteiger charge is -2.46. The molecule has 1 atom stereocenters. The van der Waals surface area contributed by atoms with Crippen LogP contribution in [0, 0.1) is 17.8 Å². The van der Waals surface area contributed by atoms with Crippen molar-refractivity contribution in [1.29, 1.82) is 0 Å². The Bertz CT molecular complexity index is 1020. The SMILES string of the molecule is CCN1CCC2(CN(c3ncccn3)CC23CCN(C(=O)c2ccccc2C)CC3)C1=O. The molecule has 4 heterocycles. The molecule has 1 unspecified atom stereocenters. The summed E-state index contributed by atoms with van der Waals surface area (Å²) in [6, 6.07) is 9.60. The molecule has 3 aliphatic heterocycles. The molecule has 5 rings (SSSR count). The number of hydrogen-bond donors (Lipinski definition) is 0. The maximum Gasteiger partial charge on any atom is 0.254 e. The molecule has 0 radical (unpaired) electrons. The molecule has 0 aliphatic carbocycles. The van der Waals surface area contributed by atoms with Crippen molar-refractivity contribution in [1.82, 2.24) is 19.8 Å². The van der Waals surface area contributed by atoms with E-state index in [-0.39, 0.29) is 17.2 Å². The molecule has 0 bridgehead atoms. The number of piperidine rings is 1. The molecule has 3 saturated heterocycles. The Morgan fingerprint density at radius 1 is 1.00 bits per heavy atom. The summed E-state index contributed by atoms with van der Waals surface area (Å²) in [5.41, 5.74) is 1.21. The molecule has 2 spiro atoms. The predicted octanol–water partition coefficient (Wildman–Crippen LogP) is 2.77. The van der Waals surface area contributed by atoms with Crippen molar-refractivity contribution < 1.29 is 9.59 Å². The van der Waals surface area contributed by atoms with Gasteiger partial charge in [-0.1, -0.05) is 18.2 Å². The number of likely N-dealkylation sites (tertiary alicyclic amines) is 2. The van der Waals surface area contributed by atoms with Crippen LogP contribution in [0.1, 0.15) is 42.1 Å². The fraction of sp³-hybridized carbons (Fsp3) is 0.520. The Morgan fingerprint density at radius 2 is 1.72 bits per heavy atom. The molecular weight excluding hydrogens is 402 g/mol. The molecule has 168 valence electrons. The van der Waals surface area contributed by atoms with Crippen molar-refractivity contribution in [3.8, 4) is 0 Å². The van der Waals surface area contributed by atoms with Crippen molar-refractivity contribution in [2.24, 2.45) is 10.8 Å². The number of carbonyl (C=O) groups excluding carboxylic acids is 2. The summed E-state index contributed by atoms with van der Waals surface area (Å²) in [5, 5.41) is 0. The predicted molar refractivity (Wildman–Crippen MR) is 122 cm³/mol. The minimum absolute atomic E-state index is 0.0983. The normalized spacial score (nSPS) is 24.7. The zero-order valence-electron chi connectivity index (χ0n) is 19.0. The van der Waals surface area contributed by atoms with Crippen LogP contribution in [0.25, 0.3) is 0 Å². The molecule has 1 aromatic carbocycles. The van der Waals surface area contributed by atoms with Gasteiger partial charge in [0.05, 0.1) is 5.41 Å². The van der Waals surface area contributed by atoms with Crippen LogP contribution in [0.4, 0.5) is 5.95 Å². The Hall–Kier alpha value is -2.96. The number of aromatic nitrogens is 2. The average Bonchev–Trinajstić information content (AvgIpc) is 3.32. The molecule has 2 aromatic rings. The summed E-state index contributed by atoms with van der Waals surface area (Å²) in [6.07, 6.45) is 6.06. The number of benzene rings is 1. The highest BCUT2D eigenvalue weighted by atomic mass is 16.2. The average molecular weight is 434 g/mol. The van der Waals surface area contributed by atoms with Crippen LogP contribution in [-0.2, 0) is 4.79 Å². The first-order valence-electron chi connectivity index (χ1n) is 11.7. The second kappa shape index (κ2) is 7.87. The monoisotopic (exact) mass is 433 g/mol. The number of hydrogen-bond acceptors (Lipinski definition) is 5. The zero-order valence-corrected chi connectivity index (χ0v) is 19.0. The molecule has 3 fully saturated rings. The third-order valence-corrected chi connectivity index (χ3v) is 8.07. The highest BCUT2D eigenvalue weighted by molar-refractivity contribution is 5.95. The maximum atomic E-state index is 13.7. The van der Waals surface area contributed by atoms with Crippen LogP contribution in [-0.4, -0.2) is 70.9 Å². The molecule has 7 nitrogen and oxygen atoms in total. The first-order valence-corrected chi connectivity index (χ1v) is 11.7. The van der Waals surface area contributed by atoms with Crippen LogP contribution in [0.2, 0.25) is 0 Å². The molecule has 2 amide bonds. The van der Waals surface area contributed by atoms with E-state index in [2.05, 4.69) is 21.8 Å². The molecule has 1 aromatic heterocycles. The van der Waals surface area contributed by atoms with Gasteiger partial charge in [-0.25, -0.2) is 9.97 Å². The first-order chi connectivity index (χ1) is 15.5. The molecular formula is C25H31N5O2. The van der Waals surface area contributed by atoms with Gasteiger partial charge in [-0.15, -0.1) is 0 Å². The smallest absolute Gasteiger partial charge is 0.254 e. The summed E-state index contributed by atoms with van der Waals surface area (Å²) in [6.45, 7) is 8.39. The molecule has 7 heteroatoms. The highest BCUT2D eigenvalue weighted by Crippen LogP contribution is 2.58. The van der Waals surface area contributed by atoms with Crippen LogP contribution in [0.5, 0.6) is 0 Å². The van der Waals surface area contributed by atoms with Crippen LogP contribution >= 0.6 is 0 Å². The second-order valence-corrected chi connectivity index (χ2v) is 9.51. The number of aryl methyl sites for hydroxylation is 1. The summed E-state index contributed by atoms with van der Waals surface area (Å²) in [4.78, 5) is 42.0. The summed E-state index contributed by atoms with van der Waals surface area (Å²) < 4.78 is 0. The van der Waals surface area contributed by atoms with Crippen LogP contribution in [0.3, 0.4) is 0 Å². The first kappa shape index (κ1) is 20.9. The lowest BCUT2D eigenvalue weighted by Crippen LogP contribution is -2.53. The van der Waals surface area contributed by atoms with E-state index in [1.165, 1.54) is 0 Å². The van der Waals surface area contributed by atoms with Crippen molar-refractivity contribution >= 4 is 17.8 Å². The minimum Gasteiger partial charge on any atom is -0.342 e. The fourth-order valence-electron chi connectivity index (χ4n) is 6.20. The third-order valence-electron chi connectivity index (χ3n) is 8.07. The highest BCUT2D eigenvalue weighted by Gasteiger charge is 2.65. The maximum absolute atomic E-state index is 13.7. The quantitative estimate of drug-likeness (QED) is 0.745. The van der Waals surface area contributed by atoms with Gasteiger partial charge < -0.3 is 14.7 Å². The fourth-order valence-corrected chi connectivity index (χ4v) is 6.20. The number of anilines is 1. The standard InChI is InChI=1S/C25H31N5O2/c1-3-28-16-11-25(22(28)32)18-30(23-26-12-6-13-27-23)17-24(25)9-14-29(15-10-24)21(31)20-8-5-4-7-19(20)2/h4-8,12-13H,3,9-11,14-18H2,1-2H3. The number of rotatable bonds is 3. The van der Waals surface area contributed by atoms with Crippen LogP contribution in [0.15, 0.2) is 42.7 Å². The number of amides is 2. The van der Waals surface area contributed by atoms with E-state index >= 15 is 0 Å².